The second-order valence-electron chi connectivity index (χ2n) is 5.53. The van der Waals surface area contributed by atoms with E-state index in [9.17, 15) is 4.39 Å². The molecule has 0 radical (unpaired) electrons. The predicted molar refractivity (Wildman–Crippen MR) is 94.3 cm³/mol. The number of benzene rings is 1. The number of oxazole rings is 1. The molecule has 24 heavy (non-hydrogen) atoms. The SMILES string of the molecule is CN(C)CCNc1ccc2nc(-c3cc(F)c(Cl)nc3Cl)oc2c1. The standard InChI is InChI=1S/C16H15Cl2FN4O/c1-23(2)6-5-20-9-3-4-12-13(7-9)24-16(21-12)10-8-11(19)15(18)22-14(10)17/h3-4,7-8,20H,5-6H2,1-2H3. The van der Waals surface area contributed by atoms with E-state index in [1.807, 2.05) is 32.3 Å². The minimum absolute atomic E-state index is 0.0392. The zero-order valence-corrected chi connectivity index (χ0v) is 14.6. The smallest absolute Gasteiger partial charge is 0.230 e. The number of rotatable bonds is 5. The zero-order chi connectivity index (χ0) is 17.3. The average Bonchev–Trinajstić information content (AvgIpc) is 2.93. The number of fused-ring (bicyclic) bond motifs is 1. The molecule has 1 N–H and O–H groups in total. The predicted octanol–water partition coefficient (Wildman–Crippen LogP) is 4.31. The van der Waals surface area contributed by atoms with Gasteiger partial charge in [-0.15, -0.1) is 0 Å². The van der Waals surface area contributed by atoms with Crippen molar-refractivity contribution in [2.75, 3.05) is 32.5 Å². The Hall–Kier alpha value is -1.89. The van der Waals surface area contributed by atoms with Gasteiger partial charge in [-0.05, 0) is 32.3 Å². The summed E-state index contributed by atoms with van der Waals surface area (Å²) in [5.74, 6) is -0.479. The second-order valence-corrected chi connectivity index (χ2v) is 6.25. The summed E-state index contributed by atoms with van der Waals surface area (Å²) in [4.78, 5) is 10.1. The van der Waals surface area contributed by atoms with E-state index in [2.05, 4.69) is 20.2 Å². The number of hydrogen-bond donors (Lipinski definition) is 1. The summed E-state index contributed by atoms with van der Waals surface area (Å²) in [7, 11) is 4.02. The van der Waals surface area contributed by atoms with Crippen molar-refractivity contribution in [3.63, 3.8) is 0 Å². The van der Waals surface area contributed by atoms with Crippen molar-refractivity contribution >= 4 is 40.0 Å². The topological polar surface area (TPSA) is 54.2 Å². The highest BCUT2D eigenvalue weighted by atomic mass is 35.5. The van der Waals surface area contributed by atoms with Crippen LogP contribution in [-0.2, 0) is 0 Å². The summed E-state index contributed by atoms with van der Waals surface area (Å²) in [6, 6.07) is 6.74. The molecular formula is C16H15Cl2FN4O. The van der Waals surface area contributed by atoms with Crippen LogP contribution in [0.25, 0.3) is 22.6 Å². The Morgan fingerprint density at radius 1 is 1.17 bits per heavy atom. The number of aromatic nitrogens is 2. The highest BCUT2D eigenvalue weighted by molar-refractivity contribution is 6.34. The molecule has 0 aliphatic carbocycles. The molecule has 0 fully saturated rings. The van der Waals surface area contributed by atoms with Gasteiger partial charge >= 0.3 is 0 Å². The van der Waals surface area contributed by atoms with Crippen molar-refractivity contribution in [1.82, 2.24) is 14.9 Å². The third-order valence-electron chi connectivity index (χ3n) is 3.39. The molecule has 126 valence electrons. The molecular weight excluding hydrogens is 354 g/mol. The van der Waals surface area contributed by atoms with Crippen LogP contribution < -0.4 is 5.32 Å². The van der Waals surface area contributed by atoms with Gasteiger partial charge in [0.2, 0.25) is 5.89 Å². The Morgan fingerprint density at radius 3 is 2.71 bits per heavy atom. The van der Waals surface area contributed by atoms with E-state index in [1.165, 1.54) is 6.07 Å². The fourth-order valence-corrected chi connectivity index (χ4v) is 2.57. The first-order valence-corrected chi connectivity index (χ1v) is 8.01. The third kappa shape index (κ3) is 3.61. The Morgan fingerprint density at radius 2 is 1.96 bits per heavy atom. The fraction of sp³-hybridized carbons (Fsp3) is 0.250. The van der Waals surface area contributed by atoms with Crippen molar-refractivity contribution in [2.45, 2.75) is 0 Å². The lowest BCUT2D eigenvalue weighted by Crippen LogP contribution is -2.20. The molecule has 0 bridgehead atoms. The molecule has 2 heterocycles. The van der Waals surface area contributed by atoms with Crippen LogP contribution in [0.4, 0.5) is 10.1 Å². The largest absolute Gasteiger partial charge is 0.436 e. The lowest BCUT2D eigenvalue weighted by Gasteiger charge is -2.10. The first-order valence-electron chi connectivity index (χ1n) is 7.25. The van der Waals surface area contributed by atoms with Crippen molar-refractivity contribution in [1.29, 1.82) is 0 Å². The summed E-state index contributed by atoms with van der Waals surface area (Å²) >= 11 is 11.6. The van der Waals surface area contributed by atoms with Gasteiger partial charge in [0, 0.05) is 24.8 Å². The van der Waals surface area contributed by atoms with Crippen LogP contribution >= 0.6 is 23.2 Å². The highest BCUT2D eigenvalue weighted by Gasteiger charge is 2.16. The van der Waals surface area contributed by atoms with Gasteiger partial charge in [-0.2, -0.15) is 0 Å². The number of nitrogens with zero attached hydrogens (tertiary/aromatic N) is 3. The van der Waals surface area contributed by atoms with Gasteiger partial charge in [-0.3, -0.25) is 0 Å². The maximum absolute atomic E-state index is 13.6. The Bertz CT molecular complexity index is 882. The van der Waals surface area contributed by atoms with E-state index in [1.54, 1.807) is 0 Å². The van der Waals surface area contributed by atoms with Gasteiger partial charge in [0.15, 0.2) is 16.6 Å². The first kappa shape index (κ1) is 17.0. The molecule has 0 atom stereocenters. The van der Waals surface area contributed by atoms with Gasteiger partial charge in [-0.25, -0.2) is 14.4 Å². The van der Waals surface area contributed by atoms with Gasteiger partial charge in [0.25, 0.3) is 0 Å². The van der Waals surface area contributed by atoms with Crippen LogP contribution in [0.3, 0.4) is 0 Å². The summed E-state index contributed by atoms with van der Waals surface area (Å²) in [6.45, 7) is 1.71. The number of nitrogens with one attached hydrogen (secondary N) is 1. The second kappa shape index (κ2) is 6.93. The Labute approximate surface area is 148 Å². The van der Waals surface area contributed by atoms with E-state index in [4.69, 9.17) is 27.6 Å². The summed E-state index contributed by atoms with van der Waals surface area (Å²) in [6.07, 6.45) is 0. The molecule has 3 rings (SSSR count). The van der Waals surface area contributed by atoms with Crippen molar-refractivity contribution in [2.24, 2.45) is 0 Å². The molecule has 0 saturated heterocycles. The highest BCUT2D eigenvalue weighted by Crippen LogP contribution is 2.32. The molecule has 0 spiro atoms. The van der Waals surface area contributed by atoms with Crippen molar-refractivity contribution in [3.8, 4) is 11.5 Å². The average molecular weight is 369 g/mol. The summed E-state index contributed by atoms with van der Waals surface area (Å²) in [5, 5.41) is 3.05. The molecule has 0 unspecified atom stereocenters. The third-order valence-corrected chi connectivity index (χ3v) is 3.95. The van der Waals surface area contributed by atoms with E-state index in [0.717, 1.165) is 18.8 Å². The van der Waals surface area contributed by atoms with Gasteiger partial charge in [-0.1, -0.05) is 23.2 Å². The summed E-state index contributed by atoms with van der Waals surface area (Å²) in [5.41, 5.74) is 2.40. The zero-order valence-electron chi connectivity index (χ0n) is 13.1. The maximum Gasteiger partial charge on any atom is 0.230 e. The lowest BCUT2D eigenvalue weighted by atomic mass is 10.3. The summed E-state index contributed by atoms with van der Waals surface area (Å²) < 4.78 is 19.3. The molecule has 0 saturated carbocycles. The Kier molecular flexibility index (Phi) is 4.89. The minimum atomic E-state index is -0.677. The molecule has 8 heteroatoms. The van der Waals surface area contributed by atoms with Crippen LogP contribution in [0.2, 0.25) is 10.3 Å². The van der Waals surface area contributed by atoms with Gasteiger partial charge < -0.3 is 14.6 Å². The molecule has 1 aromatic carbocycles. The van der Waals surface area contributed by atoms with E-state index in [0.29, 0.717) is 11.1 Å². The normalized spacial score (nSPS) is 11.4. The fourth-order valence-electron chi connectivity index (χ4n) is 2.17. The lowest BCUT2D eigenvalue weighted by molar-refractivity contribution is 0.425. The van der Waals surface area contributed by atoms with E-state index in [-0.39, 0.29) is 21.8 Å². The van der Waals surface area contributed by atoms with Gasteiger partial charge in [0.05, 0.1) is 5.56 Å². The van der Waals surface area contributed by atoms with Crippen molar-refractivity contribution < 1.29 is 8.81 Å². The molecule has 0 aliphatic rings. The quantitative estimate of drug-likeness (QED) is 0.680. The van der Waals surface area contributed by atoms with Crippen LogP contribution in [0.5, 0.6) is 0 Å². The van der Waals surface area contributed by atoms with Crippen LogP contribution in [0, 0.1) is 5.82 Å². The number of anilines is 1. The van der Waals surface area contributed by atoms with Gasteiger partial charge in [0.1, 0.15) is 10.7 Å². The minimum Gasteiger partial charge on any atom is -0.436 e. The van der Waals surface area contributed by atoms with E-state index < -0.39 is 5.82 Å². The van der Waals surface area contributed by atoms with E-state index >= 15 is 0 Å². The molecule has 2 aromatic heterocycles. The Balaban J connectivity index is 1.90. The van der Waals surface area contributed by atoms with Crippen LogP contribution in [0.1, 0.15) is 0 Å². The number of halogens is 3. The molecule has 3 aromatic rings. The number of pyridine rings is 1. The molecule has 0 aliphatic heterocycles. The number of likely N-dealkylation sites (N-methyl/N-ethyl adjacent to an activating group) is 1. The monoisotopic (exact) mass is 368 g/mol. The van der Waals surface area contributed by atoms with Crippen molar-refractivity contribution in [3.05, 3.63) is 40.4 Å². The first-order chi connectivity index (χ1) is 11.4. The molecule has 0 amide bonds. The van der Waals surface area contributed by atoms with Crippen LogP contribution in [0.15, 0.2) is 28.7 Å². The molecule has 5 nitrogen and oxygen atoms in total. The number of hydrogen-bond acceptors (Lipinski definition) is 5. The maximum atomic E-state index is 13.6. The van der Waals surface area contributed by atoms with Crippen LogP contribution in [-0.4, -0.2) is 42.1 Å².